The molecule has 1 fully saturated rings. The Morgan fingerprint density at radius 3 is 2.22 bits per heavy atom. The summed E-state index contributed by atoms with van der Waals surface area (Å²) in [7, 11) is 0. The van der Waals surface area contributed by atoms with E-state index in [-0.39, 0.29) is 18.4 Å². The highest BCUT2D eigenvalue weighted by atomic mass is 16.6. The van der Waals surface area contributed by atoms with Crippen LogP contribution in [0.25, 0.3) is 0 Å². The summed E-state index contributed by atoms with van der Waals surface area (Å²) in [6, 6.07) is -0.801. The number of likely N-dealkylation sites (tertiary alicyclic amines) is 1. The number of rotatable bonds is 6. The fraction of sp³-hybridized carbons (Fsp3) is 0.850. The lowest BCUT2D eigenvalue weighted by molar-refractivity contribution is -0.147. The number of alkyl carbamates (subject to hydrolysis) is 1. The van der Waals surface area contributed by atoms with Crippen molar-refractivity contribution in [3.05, 3.63) is 0 Å². The average molecular weight is 387 g/mol. The quantitative estimate of drug-likeness (QED) is 0.726. The van der Waals surface area contributed by atoms with Gasteiger partial charge in [-0.1, -0.05) is 40.5 Å². The molecule has 1 aliphatic heterocycles. The molecule has 27 heavy (non-hydrogen) atoms. The lowest BCUT2D eigenvalue weighted by Gasteiger charge is -2.23. The molecule has 2 N–H and O–H groups in total. The van der Waals surface area contributed by atoms with E-state index in [9.17, 15) is 19.5 Å². The summed E-state index contributed by atoms with van der Waals surface area (Å²) < 4.78 is 5.06. The molecule has 0 radical (unpaired) electrons. The topological polar surface area (TPSA) is 95.9 Å². The van der Waals surface area contributed by atoms with E-state index < -0.39 is 23.7 Å². The fourth-order valence-corrected chi connectivity index (χ4v) is 2.70. The van der Waals surface area contributed by atoms with Crippen LogP contribution < -0.4 is 5.32 Å². The second kappa shape index (κ2) is 11.8. The molecule has 0 saturated carbocycles. The number of unbranched alkanes of at least 4 members (excludes halogenated alkanes) is 1. The van der Waals surface area contributed by atoms with E-state index in [1.807, 2.05) is 0 Å². The Labute approximate surface area is 163 Å². The third-order valence-corrected chi connectivity index (χ3v) is 3.74. The van der Waals surface area contributed by atoms with Gasteiger partial charge in [0.15, 0.2) is 0 Å². The van der Waals surface area contributed by atoms with Crippen molar-refractivity contribution in [2.24, 2.45) is 11.8 Å². The number of nitrogens with one attached hydrogen (secondary N) is 1. The highest BCUT2D eigenvalue weighted by Crippen LogP contribution is 2.27. The smallest absolute Gasteiger partial charge is 0.408 e. The first-order chi connectivity index (χ1) is 12.4. The molecule has 0 aliphatic carbocycles. The number of ether oxygens (including phenoxy) is 1. The maximum atomic E-state index is 12.2. The Hall–Kier alpha value is -1.79. The molecule has 158 valence electrons. The van der Waals surface area contributed by atoms with E-state index in [0.717, 1.165) is 25.2 Å². The summed E-state index contributed by atoms with van der Waals surface area (Å²) in [5, 5.41) is 11.7. The summed E-state index contributed by atoms with van der Waals surface area (Å²) in [4.78, 5) is 36.5. The standard InChI is InChI=1S/C16H28N2O5.C4H10/c1-5-6-7-11-8-12(14(20)21)18(10-11)13(19)9-17-15(22)23-16(2,3)4;1-4(2)3/h11-12H,5-10H2,1-4H3,(H,17,22)(H,20,21);4H,1-3H3. The molecule has 2 amide bonds. The van der Waals surface area contributed by atoms with Gasteiger partial charge >= 0.3 is 12.1 Å². The van der Waals surface area contributed by atoms with Crippen LogP contribution in [0.4, 0.5) is 4.79 Å². The Kier molecular flexibility index (Phi) is 11.0. The molecular weight excluding hydrogens is 348 g/mol. The fourth-order valence-electron chi connectivity index (χ4n) is 2.70. The molecule has 7 heteroatoms. The Morgan fingerprint density at radius 1 is 1.22 bits per heavy atom. The monoisotopic (exact) mass is 386 g/mol. The molecule has 1 aliphatic rings. The largest absolute Gasteiger partial charge is 0.480 e. The van der Waals surface area contributed by atoms with Crippen LogP contribution in [-0.2, 0) is 14.3 Å². The number of amides is 2. The first-order valence-electron chi connectivity index (χ1n) is 9.86. The predicted octanol–water partition coefficient (Wildman–Crippen LogP) is 3.67. The summed E-state index contributed by atoms with van der Waals surface area (Å²) >= 11 is 0. The highest BCUT2D eigenvalue weighted by molar-refractivity contribution is 5.87. The molecule has 7 nitrogen and oxygen atoms in total. The van der Waals surface area contributed by atoms with Gasteiger partial charge in [0.05, 0.1) is 0 Å². The average Bonchev–Trinajstić information content (AvgIpc) is 2.93. The lowest BCUT2D eigenvalue weighted by Crippen LogP contribution is -2.46. The summed E-state index contributed by atoms with van der Waals surface area (Å²) in [6.45, 7) is 14.0. The van der Waals surface area contributed by atoms with Crippen LogP contribution in [0, 0.1) is 11.8 Å². The van der Waals surface area contributed by atoms with Gasteiger partial charge < -0.3 is 20.1 Å². The summed E-state index contributed by atoms with van der Waals surface area (Å²) in [5.74, 6) is -0.335. The van der Waals surface area contributed by atoms with Gasteiger partial charge in [-0.25, -0.2) is 9.59 Å². The molecule has 2 unspecified atom stereocenters. The normalized spacial score (nSPS) is 19.3. The molecule has 2 atom stereocenters. The predicted molar refractivity (Wildman–Crippen MR) is 106 cm³/mol. The SMILES string of the molecule is CC(C)C.CCCCC1CC(C(=O)O)N(C(=O)CNC(=O)OC(C)(C)C)C1. The first-order valence-corrected chi connectivity index (χ1v) is 9.86. The van der Waals surface area contributed by atoms with Gasteiger partial charge in [-0.05, 0) is 45.4 Å². The first kappa shape index (κ1) is 25.2. The third kappa shape index (κ3) is 11.5. The van der Waals surface area contributed by atoms with Crippen molar-refractivity contribution in [3.8, 4) is 0 Å². The number of carboxylic acids is 1. The minimum absolute atomic E-state index is 0.210. The van der Waals surface area contributed by atoms with Gasteiger partial charge in [-0.2, -0.15) is 0 Å². The van der Waals surface area contributed by atoms with E-state index in [0.29, 0.717) is 13.0 Å². The number of nitrogens with zero attached hydrogens (tertiary/aromatic N) is 1. The third-order valence-electron chi connectivity index (χ3n) is 3.74. The van der Waals surface area contributed by atoms with Crippen LogP contribution >= 0.6 is 0 Å². The van der Waals surface area contributed by atoms with Crippen LogP contribution in [-0.4, -0.2) is 52.7 Å². The van der Waals surface area contributed by atoms with Crippen LogP contribution in [0.1, 0.15) is 74.1 Å². The van der Waals surface area contributed by atoms with Crippen molar-refractivity contribution in [3.63, 3.8) is 0 Å². The van der Waals surface area contributed by atoms with E-state index >= 15 is 0 Å². The van der Waals surface area contributed by atoms with Crippen molar-refractivity contribution in [2.75, 3.05) is 13.1 Å². The van der Waals surface area contributed by atoms with Crippen molar-refractivity contribution in [1.29, 1.82) is 0 Å². The molecule has 1 heterocycles. The molecule has 0 spiro atoms. The van der Waals surface area contributed by atoms with Gasteiger partial charge in [-0.3, -0.25) is 4.79 Å². The van der Waals surface area contributed by atoms with Crippen LogP contribution in [0.3, 0.4) is 0 Å². The molecule has 0 bridgehead atoms. The van der Waals surface area contributed by atoms with E-state index in [4.69, 9.17) is 4.74 Å². The zero-order valence-electron chi connectivity index (χ0n) is 18.0. The number of carboxylic acid groups (broad SMARTS) is 1. The second-order valence-electron chi connectivity index (χ2n) is 8.73. The Bertz CT molecular complexity index is 482. The van der Waals surface area contributed by atoms with Crippen molar-refractivity contribution < 1.29 is 24.2 Å². The zero-order chi connectivity index (χ0) is 21.2. The molecule has 0 aromatic heterocycles. The van der Waals surface area contributed by atoms with E-state index in [1.165, 1.54) is 4.90 Å². The molecule has 1 rings (SSSR count). The minimum Gasteiger partial charge on any atom is -0.480 e. The van der Waals surface area contributed by atoms with Crippen molar-refractivity contribution >= 4 is 18.0 Å². The van der Waals surface area contributed by atoms with Crippen molar-refractivity contribution in [1.82, 2.24) is 10.2 Å². The number of carbonyl (C=O) groups excluding carboxylic acids is 2. The summed E-state index contributed by atoms with van der Waals surface area (Å²) in [6.07, 6.45) is 2.79. The van der Waals surface area contributed by atoms with Gasteiger partial charge in [0.1, 0.15) is 18.2 Å². The minimum atomic E-state index is -0.991. The van der Waals surface area contributed by atoms with Crippen molar-refractivity contribution in [2.45, 2.75) is 85.8 Å². The second-order valence-corrected chi connectivity index (χ2v) is 8.73. The van der Waals surface area contributed by atoms with Crippen LogP contribution in [0.15, 0.2) is 0 Å². The Balaban J connectivity index is 0.00000153. The molecule has 1 saturated heterocycles. The lowest BCUT2D eigenvalue weighted by atomic mass is 9.99. The molecule has 0 aromatic carbocycles. The highest BCUT2D eigenvalue weighted by Gasteiger charge is 2.39. The maximum Gasteiger partial charge on any atom is 0.408 e. The zero-order valence-corrected chi connectivity index (χ0v) is 18.0. The van der Waals surface area contributed by atoms with Crippen LogP contribution in [0.2, 0.25) is 0 Å². The summed E-state index contributed by atoms with van der Waals surface area (Å²) in [5.41, 5.74) is -0.643. The number of hydrogen-bond acceptors (Lipinski definition) is 4. The van der Waals surface area contributed by atoms with E-state index in [2.05, 4.69) is 33.0 Å². The van der Waals surface area contributed by atoms with Gasteiger partial charge in [0, 0.05) is 6.54 Å². The van der Waals surface area contributed by atoms with Gasteiger partial charge in [0.2, 0.25) is 5.91 Å². The molecule has 0 aromatic rings. The van der Waals surface area contributed by atoms with Gasteiger partial charge in [0.25, 0.3) is 0 Å². The van der Waals surface area contributed by atoms with E-state index in [1.54, 1.807) is 20.8 Å². The van der Waals surface area contributed by atoms with Crippen LogP contribution in [0.5, 0.6) is 0 Å². The maximum absolute atomic E-state index is 12.2. The van der Waals surface area contributed by atoms with Gasteiger partial charge in [-0.15, -0.1) is 0 Å². The number of carbonyl (C=O) groups is 3. The Morgan fingerprint density at radius 2 is 1.78 bits per heavy atom. The molecular formula is C20H38N2O5. The number of aliphatic carboxylic acids is 1. The number of hydrogen-bond donors (Lipinski definition) is 2.